The van der Waals surface area contributed by atoms with Crippen molar-refractivity contribution in [2.75, 3.05) is 0 Å². The number of benzene rings is 2. The largest absolute Gasteiger partial charge is 0.478 e. The number of pyridine rings is 1. The molecule has 5 nitrogen and oxygen atoms in total. The van der Waals surface area contributed by atoms with Gasteiger partial charge in [-0.1, -0.05) is 60.7 Å². The summed E-state index contributed by atoms with van der Waals surface area (Å²) in [6.07, 6.45) is 0. The molecule has 0 unspecified atom stereocenters. The van der Waals surface area contributed by atoms with Crippen LogP contribution in [0.2, 0.25) is 0 Å². The number of carbonyl (C=O) groups is 2. The van der Waals surface area contributed by atoms with Gasteiger partial charge in [0.25, 0.3) is 0 Å². The van der Waals surface area contributed by atoms with Crippen LogP contribution in [0.4, 0.5) is 0 Å². The molecule has 1 heterocycles. The van der Waals surface area contributed by atoms with Crippen molar-refractivity contribution in [2.24, 2.45) is 0 Å². The van der Waals surface area contributed by atoms with Gasteiger partial charge in [-0.2, -0.15) is 0 Å². The summed E-state index contributed by atoms with van der Waals surface area (Å²) >= 11 is 0. The van der Waals surface area contributed by atoms with Gasteiger partial charge in [-0.05, 0) is 6.07 Å². The zero-order valence-electron chi connectivity index (χ0n) is 12.5. The molecular formula is C19H13NO4. The highest BCUT2D eigenvalue weighted by atomic mass is 16.4. The summed E-state index contributed by atoms with van der Waals surface area (Å²) in [5.74, 6) is -2.62. The number of aromatic nitrogens is 1. The third kappa shape index (κ3) is 2.87. The maximum absolute atomic E-state index is 11.7. The molecule has 0 aliphatic rings. The van der Waals surface area contributed by atoms with Gasteiger partial charge in [0.2, 0.25) is 0 Å². The summed E-state index contributed by atoms with van der Waals surface area (Å²) in [4.78, 5) is 27.7. The smallest absolute Gasteiger partial charge is 0.338 e. The monoisotopic (exact) mass is 319 g/mol. The van der Waals surface area contributed by atoms with Crippen molar-refractivity contribution in [3.8, 4) is 22.5 Å². The van der Waals surface area contributed by atoms with E-state index in [-0.39, 0.29) is 16.8 Å². The first-order valence-corrected chi connectivity index (χ1v) is 7.20. The Bertz CT molecular complexity index is 905. The Labute approximate surface area is 137 Å². The predicted molar refractivity (Wildman–Crippen MR) is 89.0 cm³/mol. The van der Waals surface area contributed by atoms with Gasteiger partial charge >= 0.3 is 11.9 Å². The summed E-state index contributed by atoms with van der Waals surface area (Å²) in [7, 11) is 0. The van der Waals surface area contributed by atoms with E-state index in [4.69, 9.17) is 0 Å². The molecular weight excluding hydrogens is 306 g/mol. The molecule has 0 atom stereocenters. The summed E-state index contributed by atoms with van der Waals surface area (Å²) in [5, 5.41) is 19.0. The van der Waals surface area contributed by atoms with Crippen LogP contribution in [0.5, 0.6) is 0 Å². The first-order chi connectivity index (χ1) is 11.6. The van der Waals surface area contributed by atoms with Crippen LogP contribution >= 0.6 is 0 Å². The fourth-order valence-corrected chi connectivity index (χ4v) is 2.49. The first-order valence-electron chi connectivity index (χ1n) is 7.20. The molecule has 118 valence electrons. The average Bonchev–Trinajstić information content (AvgIpc) is 2.62. The highest BCUT2D eigenvalue weighted by Crippen LogP contribution is 2.29. The van der Waals surface area contributed by atoms with Crippen molar-refractivity contribution in [3.63, 3.8) is 0 Å². The second-order valence-electron chi connectivity index (χ2n) is 5.12. The van der Waals surface area contributed by atoms with Crippen molar-refractivity contribution in [1.82, 2.24) is 4.98 Å². The van der Waals surface area contributed by atoms with Crippen LogP contribution in [-0.4, -0.2) is 27.1 Å². The van der Waals surface area contributed by atoms with Crippen LogP contribution in [-0.2, 0) is 0 Å². The third-order valence-corrected chi connectivity index (χ3v) is 3.58. The van der Waals surface area contributed by atoms with Crippen LogP contribution in [0.3, 0.4) is 0 Å². The van der Waals surface area contributed by atoms with E-state index in [1.165, 1.54) is 6.07 Å². The van der Waals surface area contributed by atoms with E-state index in [0.29, 0.717) is 16.8 Å². The van der Waals surface area contributed by atoms with E-state index in [2.05, 4.69) is 4.98 Å². The Morgan fingerprint density at radius 2 is 1.29 bits per heavy atom. The number of carboxylic acid groups (broad SMARTS) is 2. The molecule has 0 aliphatic carbocycles. The number of carboxylic acids is 2. The van der Waals surface area contributed by atoms with E-state index in [0.717, 1.165) is 0 Å². The Morgan fingerprint density at radius 3 is 1.79 bits per heavy atom. The minimum absolute atomic E-state index is 0.141. The first kappa shape index (κ1) is 15.4. The van der Waals surface area contributed by atoms with Gasteiger partial charge in [-0.15, -0.1) is 0 Å². The van der Waals surface area contributed by atoms with Gasteiger partial charge in [0.05, 0.1) is 17.0 Å². The van der Waals surface area contributed by atoms with Gasteiger partial charge in [0.1, 0.15) is 5.56 Å². The molecule has 0 fully saturated rings. The van der Waals surface area contributed by atoms with E-state index in [1.807, 2.05) is 18.2 Å². The van der Waals surface area contributed by atoms with E-state index < -0.39 is 11.9 Å². The van der Waals surface area contributed by atoms with Gasteiger partial charge in [-0.3, -0.25) is 0 Å². The lowest BCUT2D eigenvalue weighted by molar-refractivity contribution is 0.0652. The average molecular weight is 319 g/mol. The van der Waals surface area contributed by atoms with E-state index >= 15 is 0 Å². The molecule has 0 saturated carbocycles. The summed E-state index contributed by atoms with van der Waals surface area (Å²) in [6, 6.07) is 19.0. The van der Waals surface area contributed by atoms with Crippen LogP contribution < -0.4 is 0 Å². The molecule has 0 amide bonds. The lowest BCUT2D eigenvalue weighted by atomic mass is 9.98. The zero-order chi connectivity index (χ0) is 17.1. The Kier molecular flexibility index (Phi) is 4.07. The molecule has 0 aliphatic heterocycles. The second kappa shape index (κ2) is 6.34. The normalized spacial score (nSPS) is 10.3. The molecule has 5 heteroatoms. The fourth-order valence-electron chi connectivity index (χ4n) is 2.49. The number of aromatic carboxylic acids is 2. The SMILES string of the molecule is O=C(O)c1cc(-c2ccccc2)nc(-c2ccccc2)c1C(=O)O. The molecule has 2 N–H and O–H groups in total. The van der Waals surface area contributed by atoms with Crippen LogP contribution in [0.15, 0.2) is 66.7 Å². The van der Waals surface area contributed by atoms with E-state index in [1.54, 1.807) is 42.5 Å². The van der Waals surface area contributed by atoms with Gasteiger partial charge in [0.15, 0.2) is 0 Å². The standard InChI is InChI=1S/C19H13NO4/c21-18(22)14-11-15(12-7-3-1-4-8-12)20-17(16(14)19(23)24)13-9-5-2-6-10-13/h1-11H,(H,21,22)(H,23,24). The molecule has 0 bridgehead atoms. The maximum Gasteiger partial charge on any atom is 0.338 e. The minimum Gasteiger partial charge on any atom is -0.478 e. The van der Waals surface area contributed by atoms with Crippen molar-refractivity contribution < 1.29 is 19.8 Å². The number of rotatable bonds is 4. The fraction of sp³-hybridized carbons (Fsp3) is 0. The van der Waals surface area contributed by atoms with Gasteiger partial charge in [-0.25, -0.2) is 14.6 Å². The molecule has 0 spiro atoms. The Morgan fingerprint density at radius 1 is 0.750 bits per heavy atom. The summed E-state index contributed by atoms with van der Waals surface area (Å²) in [5.41, 5.74) is 1.23. The predicted octanol–water partition coefficient (Wildman–Crippen LogP) is 3.81. The molecule has 1 aromatic heterocycles. The number of hydrogen-bond donors (Lipinski definition) is 2. The van der Waals surface area contributed by atoms with Crippen molar-refractivity contribution >= 4 is 11.9 Å². The van der Waals surface area contributed by atoms with Gasteiger partial charge in [0, 0.05) is 11.1 Å². The molecule has 2 aromatic carbocycles. The van der Waals surface area contributed by atoms with Crippen molar-refractivity contribution in [2.45, 2.75) is 0 Å². The molecule has 0 radical (unpaired) electrons. The van der Waals surface area contributed by atoms with Crippen LogP contribution in [0.1, 0.15) is 20.7 Å². The van der Waals surface area contributed by atoms with Crippen molar-refractivity contribution in [3.05, 3.63) is 77.9 Å². The lowest BCUT2D eigenvalue weighted by Crippen LogP contribution is -2.12. The summed E-state index contributed by atoms with van der Waals surface area (Å²) in [6.45, 7) is 0. The van der Waals surface area contributed by atoms with E-state index in [9.17, 15) is 19.8 Å². The zero-order valence-corrected chi connectivity index (χ0v) is 12.5. The Balaban J connectivity index is 2.35. The highest BCUT2D eigenvalue weighted by molar-refractivity contribution is 6.06. The minimum atomic E-state index is -1.32. The van der Waals surface area contributed by atoms with Crippen molar-refractivity contribution in [1.29, 1.82) is 0 Å². The van der Waals surface area contributed by atoms with Crippen LogP contribution in [0, 0.1) is 0 Å². The molecule has 3 rings (SSSR count). The lowest BCUT2D eigenvalue weighted by Gasteiger charge is -2.12. The summed E-state index contributed by atoms with van der Waals surface area (Å²) < 4.78 is 0. The quantitative estimate of drug-likeness (QED) is 0.763. The number of nitrogens with zero attached hydrogens (tertiary/aromatic N) is 1. The number of hydrogen-bond acceptors (Lipinski definition) is 3. The third-order valence-electron chi connectivity index (χ3n) is 3.58. The molecule has 3 aromatic rings. The highest BCUT2D eigenvalue weighted by Gasteiger charge is 2.24. The molecule has 24 heavy (non-hydrogen) atoms. The Hall–Kier alpha value is -3.47. The second-order valence-corrected chi connectivity index (χ2v) is 5.12. The molecule has 0 saturated heterocycles. The van der Waals surface area contributed by atoms with Gasteiger partial charge < -0.3 is 10.2 Å². The topological polar surface area (TPSA) is 87.5 Å². The van der Waals surface area contributed by atoms with Crippen LogP contribution in [0.25, 0.3) is 22.5 Å². The maximum atomic E-state index is 11.7.